The van der Waals surface area contributed by atoms with Crippen LogP contribution in [-0.4, -0.2) is 22.3 Å². The number of likely N-dealkylation sites (N-methyl/N-ethyl adjacent to an activating group) is 1. The first-order chi connectivity index (χ1) is 13.0. The highest BCUT2D eigenvalue weighted by molar-refractivity contribution is 6.01. The summed E-state index contributed by atoms with van der Waals surface area (Å²) in [6.07, 6.45) is 2.77. The molecule has 0 aliphatic rings. The molecule has 2 aromatic heterocycles. The van der Waals surface area contributed by atoms with Crippen LogP contribution in [0.4, 0.5) is 0 Å². The number of benzene rings is 1. The predicted molar refractivity (Wildman–Crippen MR) is 100 cm³/mol. The second-order valence-electron chi connectivity index (χ2n) is 5.68. The summed E-state index contributed by atoms with van der Waals surface area (Å²) in [5.41, 5.74) is 0.578. The zero-order valence-electron chi connectivity index (χ0n) is 14.8. The molecule has 0 saturated carbocycles. The van der Waals surface area contributed by atoms with Gasteiger partial charge in [-0.15, -0.1) is 0 Å². The molecule has 7 heteroatoms. The second-order valence-corrected chi connectivity index (χ2v) is 5.68. The van der Waals surface area contributed by atoms with Crippen molar-refractivity contribution in [1.82, 2.24) is 14.7 Å². The van der Waals surface area contributed by atoms with Crippen LogP contribution in [0.25, 0.3) is 11.7 Å². The number of para-hydroxylation sites is 1. The minimum Gasteiger partial charge on any atom is -0.438 e. The minimum atomic E-state index is -0.600. The summed E-state index contributed by atoms with van der Waals surface area (Å²) in [6, 6.07) is 14.2. The molecular formula is C20H16N4O3. The summed E-state index contributed by atoms with van der Waals surface area (Å²) in [6.45, 7) is 1.83. The lowest BCUT2D eigenvalue weighted by atomic mass is 10.1. The molecule has 0 fully saturated rings. The van der Waals surface area contributed by atoms with Crippen molar-refractivity contribution >= 4 is 17.6 Å². The fraction of sp³-hybridized carbons (Fsp3) is 0.100. The summed E-state index contributed by atoms with van der Waals surface area (Å²) in [4.78, 5) is 29.3. The van der Waals surface area contributed by atoms with Crippen molar-refractivity contribution in [2.24, 2.45) is 0 Å². The van der Waals surface area contributed by atoms with Gasteiger partial charge in [-0.1, -0.05) is 24.3 Å². The van der Waals surface area contributed by atoms with E-state index in [4.69, 9.17) is 4.74 Å². The molecule has 7 nitrogen and oxygen atoms in total. The lowest BCUT2D eigenvalue weighted by Gasteiger charge is -2.11. The molecule has 0 aliphatic heterocycles. The Kier molecular flexibility index (Phi) is 4.99. The Morgan fingerprint density at radius 1 is 1.26 bits per heavy atom. The Morgan fingerprint density at radius 3 is 2.67 bits per heavy atom. The first-order valence-corrected chi connectivity index (χ1v) is 8.14. The molecular weight excluding hydrogens is 344 g/mol. The van der Waals surface area contributed by atoms with E-state index in [0.29, 0.717) is 11.4 Å². The first-order valence-electron chi connectivity index (χ1n) is 8.14. The van der Waals surface area contributed by atoms with Crippen LogP contribution < -0.4 is 15.6 Å². The van der Waals surface area contributed by atoms with Crippen molar-refractivity contribution in [1.29, 1.82) is 5.26 Å². The number of nitrogens with one attached hydrogen (secondary N) is 1. The molecule has 3 rings (SSSR count). The summed E-state index contributed by atoms with van der Waals surface area (Å²) in [7, 11) is 1.41. The van der Waals surface area contributed by atoms with Gasteiger partial charge in [-0.25, -0.2) is 0 Å². The van der Waals surface area contributed by atoms with Gasteiger partial charge in [-0.2, -0.15) is 10.2 Å². The molecule has 0 bridgehead atoms. The Morgan fingerprint density at radius 2 is 2.00 bits per heavy atom. The number of carbonyl (C=O) groups excluding carboxylic acids is 1. The largest absolute Gasteiger partial charge is 0.438 e. The Balaban J connectivity index is 2.29. The number of hydrogen-bond donors (Lipinski definition) is 1. The molecule has 27 heavy (non-hydrogen) atoms. The number of nitriles is 1. The van der Waals surface area contributed by atoms with Gasteiger partial charge in [0, 0.05) is 13.2 Å². The number of carbonyl (C=O) groups is 1. The third-order valence-electron chi connectivity index (χ3n) is 3.89. The van der Waals surface area contributed by atoms with Crippen LogP contribution in [0.1, 0.15) is 11.1 Å². The standard InChI is InChI=1S/C20H16N4O3/c1-13-7-6-10-24-17(13)23-19(27-15-8-4-3-5-9-15)16(20(24)26)11-14(12-21)18(25)22-2/h3-11H,1-2H3,(H,22,25)/b14-11-. The van der Waals surface area contributed by atoms with E-state index in [1.54, 1.807) is 42.6 Å². The average Bonchev–Trinajstić information content (AvgIpc) is 2.69. The third kappa shape index (κ3) is 3.55. The third-order valence-corrected chi connectivity index (χ3v) is 3.89. The van der Waals surface area contributed by atoms with Crippen LogP contribution >= 0.6 is 0 Å². The molecule has 0 spiro atoms. The summed E-state index contributed by atoms with van der Waals surface area (Å²) >= 11 is 0. The number of aryl methyl sites for hydroxylation is 1. The fourth-order valence-corrected chi connectivity index (χ4v) is 2.52. The van der Waals surface area contributed by atoms with E-state index in [9.17, 15) is 14.9 Å². The fourth-order valence-electron chi connectivity index (χ4n) is 2.52. The highest BCUT2D eigenvalue weighted by Crippen LogP contribution is 2.24. The lowest BCUT2D eigenvalue weighted by molar-refractivity contribution is -0.116. The van der Waals surface area contributed by atoms with Crippen LogP contribution in [0.15, 0.2) is 59.0 Å². The number of fused-ring (bicyclic) bond motifs is 1. The molecule has 2 heterocycles. The van der Waals surface area contributed by atoms with E-state index in [0.717, 1.165) is 5.56 Å². The maximum atomic E-state index is 13.0. The predicted octanol–water partition coefficient (Wildman–Crippen LogP) is 2.45. The van der Waals surface area contributed by atoms with Gasteiger partial charge in [0.1, 0.15) is 28.6 Å². The van der Waals surface area contributed by atoms with Gasteiger partial charge < -0.3 is 10.1 Å². The zero-order chi connectivity index (χ0) is 19.4. The van der Waals surface area contributed by atoms with Crippen molar-refractivity contribution in [3.05, 3.63) is 75.7 Å². The second kappa shape index (κ2) is 7.54. The normalized spacial score (nSPS) is 11.1. The topological polar surface area (TPSA) is 96.5 Å². The van der Waals surface area contributed by atoms with E-state index in [-0.39, 0.29) is 17.0 Å². The number of hydrogen-bond acceptors (Lipinski definition) is 5. The molecule has 1 amide bonds. The average molecular weight is 360 g/mol. The van der Waals surface area contributed by atoms with E-state index in [1.165, 1.54) is 17.5 Å². The number of pyridine rings is 1. The van der Waals surface area contributed by atoms with Crippen LogP contribution in [0, 0.1) is 18.3 Å². The van der Waals surface area contributed by atoms with E-state index in [1.807, 2.05) is 19.1 Å². The zero-order valence-corrected chi connectivity index (χ0v) is 14.8. The van der Waals surface area contributed by atoms with Gasteiger partial charge >= 0.3 is 0 Å². The van der Waals surface area contributed by atoms with Gasteiger partial charge in [0.2, 0.25) is 5.88 Å². The van der Waals surface area contributed by atoms with Gasteiger partial charge in [-0.05, 0) is 36.8 Å². The molecule has 0 aliphatic carbocycles. The Labute approximate surface area is 155 Å². The van der Waals surface area contributed by atoms with Gasteiger partial charge in [0.15, 0.2) is 0 Å². The van der Waals surface area contributed by atoms with Crippen molar-refractivity contribution in [2.45, 2.75) is 6.92 Å². The number of ether oxygens (including phenoxy) is 1. The molecule has 0 radical (unpaired) electrons. The number of rotatable bonds is 4. The number of nitrogens with zero attached hydrogens (tertiary/aromatic N) is 3. The van der Waals surface area contributed by atoms with Crippen molar-refractivity contribution in [3.63, 3.8) is 0 Å². The Hall–Kier alpha value is -3.92. The maximum Gasteiger partial charge on any atom is 0.269 e. The highest BCUT2D eigenvalue weighted by atomic mass is 16.5. The summed E-state index contributed by atoms with van der Waals surface area (Å²) in [5, 5.41) is 11.6. The molecule has 3 aromatic rings. The minimum absolute atomic E-state index is 0.0158. The molecule has 0 unspecified atom stereocenters. The van der Waals surface area contributed by atoms with Gasteiger partial charge in [-0.3, -0.25) is 14.0 Å². The van der Waals surface area contributed by atoms with E-state index < -0.39 is 11.5 Å². The highest BCUT2D eigenvalue weighted by Gasteiger charge is 2.17. The smallest absolute Gasteiger partial charge is 0.269 e. The van der Waals surface area contributed by atoms with Crippen LogP contribution in [-0.2, 0) is 4.79 Å². The van der Waals surface area contributed by atoms with Crippen LogP contribution in [0.5, 0.6) is 11.6 Å². The van der Waals surface area contributed by atoms with Gasteiger partial charge in [0.25, 0.3) is 11.5 Å². The quantitative estimate of drug-likeness (QED) is 0.569. The van der Waals surface area contributed by atoms with Gasteiger partial charge in [0.05, 0.1) is 0 Å². The number of aromatic nitrogens is 2. The molecule has 134 valence electrons. The van der Waals surface area contributed by atoms with Crippen LogP contribution in [0.2, 0.25) is 0 Å². The SMILES string of the molecule is CNC(=O)/C(C#N)=C\c1c(Oc2ccccc2)nc2c(C)cccn2c1=O. The Bertz CT molecular complexity index is 1140. The summed E-state index contributed by atoms with van der Waals surface area (Å²) < 4.78 is 7.16. The lowest BCUT2D eigenvalue weighted by Crippen LogP contribution is -2.22. The van der Waals surface area contributed by atoms with Crippen molar-refractivity contribution in [3.8, 4) is 17.7 Å². The maximum absolute atomic E-state index is 13.0. The molecule has 0 saturated heterocycles. The first kappa shape index (κ1) is 17.9. The van der Waals surface area contributed by atoms with Crippen molar-refractivity contribution in [2.75, 3.05) is 7.05 Å². The molecule has 0 atom stereocenters. The van der Waals surface area contributed by atoms with E-state index in [2.05, 4.69) is 10.3 Å². The van der Waals surface area contributed by atoms with Crippen molar-refractivity contribution < 1.29 is 9.53 Å². The monoisotopic (exact) mass is 360 g/mol. The molecule has 1 aromatic carbocycles. The molecule has 1 N–H and O–H groups in total. The summed E-state index contributed by atoms with van der Waals surface area (Å²) in [5.74, 6) is -0.0931. The van der Waals surface area contributed by atoms with Crippen LogP contribution in [0.3, 0.4) is 0 Å². The van der Waals surface area contributed by atoms with E-state index >= 15 is 0 Å². The number of amides is 1.